The van der Waals surface area contributed by atoms with E-state index in [1.165, 1.54) is 0 Å². The molecule has 0 bridgehead atoms. The van der Waals surface area contributed by atoms with E-state index in [-0.39, 0.29) is 6.42 Å². The second-order valence-electron chi connectivity index (χ2n) is 3.59. The van der Waals surface area contributed by atoms with Crippen LogP contribution in [0, 0.1) is 13.8 Å². The lowest BCUT2D eigenvalue weighted by atomic mass is 10.2. The highest BCUT2D eigenvalue weighted by atomic mass is 16.4. The molecule has 0 radical (unpaired) electrons. The van der Waals surface area contributed by atoms with E-state index in [1.54, 1.807) is 0 Å². The number of nitrogens with one attached hydrogen (secondary N) is 1. The van der Waals surface area contributed by atoms with E-state index in [9.17, 15) is 4.79 Å². The lowest BCUT2D eigenvalue weighted by Crippen LogP contribution is -2.18. The maximum absolute atomic E-state index is 10.3. The van der Waals surface area contributed by atoms with Crippen molar-refractivity contribution < 1.29 is 9.90 Å². The summed E-state index contributed by atoms with van der Waals surface area (Å²) in [6, 6.07) is 0. The Bertz CT molecular complexity index is 358. The fourth-order valence-electron chi connectivity index (χ4n) is 1.48. The predicted molar refractivity (Wildman–Crippen MR) is 56.6 cm³/mol. The normalized spacial score (nSPS) is 10.6. The number of carboxylic acid groups (broad SMARTS) is 1. The molecule has 0 atom stereocenters. The van der Waals surface area contributed by atoms with Crippen LogP contribution in [0.3, 0.4) is 0 Å². The highest BCUT2D eigenvalue weighted by Crippen LogP contribution is 2.10. The Morgan fingerprint density at radius 1 is 1.53 bits per heavy atom. The molecule has 0 unspecified atom stereocenters. The number of carbonyl (C=O) groups is 1. The van der Waals surface area contributed by atoms with Crippen molar-refractivity contribution in [2.75, 3.05) is 6.54 Å². The Morgan fingerprint density at radius 3 is 2.67 bits per heavy atom. The van der Waals surface area contributed by atoms with Gasteiger partial charge in [0.1, 0.15) is 0 Å². The standard InChI is InChI=1S/C10H17N3O2/c1-7-9(8(2)13(3)12-7)6-11-5-4-10(14)15/h11H,4-6H2,1-3H3,(H,14,15). The summed E-state index contributed by atoms with van der Waals surface area (Å²) >= 11 is 0. The van der Waals surface area contributed by atoms with Crippen molar-refractivity contribution in [3.63, 3.8) is 0 Å². The molecule has 5 heteroatoms. The summed E-state index contributed by atoms with van der Waals surface area (Å²) in [6.45, 7) is 5.14. The van der Waals surface area contributed by atoms with Crippen LogP contribution in [-0.4, -0.2) is 27.4 Å². The highest BCUT2D eigenvalue weighted by molar-refractivity contribution is 5.66. The van der Waals surface area contributed by atoms with Crippen LogP contribution in [0.25, 0.3) is 0 Å². The summed E-state index contributed by atoms with van der Waals surface area (Å²) in [6.07, 6.45) is 0.151. The number of rotatable bonds is 5. The lowest BCUT2D eigenvalue weighted by molar-refractivity contribution is -0.136. The average Bonchev–Trinajstić information content (AvgIpc) is 2.37. The van der Waals surface area contributed by atoms with Crippen LogP contribution in [0.15, 0.2) is 0 Å². The van der Waals surface area contributed by atoms with Gasteiger partial charge in [-0.15, -0.1) is 0 Å². The minimum absolute atomic E-state index is 0.151. The molecule has 0 aliphatic rings. The summed E-state index contributed by atoms with van der Waals surface area (Å²) in [5, 5.41) is 15.8. The predicted octanol–water partition coefficient (Wildman–Crippen LogP) is 0.601. The number of carboxylic acids is 1. The number of aryl methyl sites for hydroxylation is 2. The molecule has 5 nitrogen and oxygen atoms in total. The number of aliphatic carboxylic acids is 1. The molecule has 1 aromatic heterocycles. The molecule has 2 N–H and O–H groups in total. The quantitative estimate of drug-likeness (QED) is 0.700. The van der Waals surface area contributed by atoms with Crippen LogP contribution >= 0.6 is 0 Å². The number of aromatic nitrogens is 2. The molecule has 15 heavy (non-hydrogen) atoms. The van der Waals surface area contributed by atoms with Crippen LogP contribution in [0.4, 0.5) is 0 Å². The van der Waals surface area contributed by atoms with Gasteiger partial charge in [0.25, 0.3) is 0 Å². The van der Waals surface area contributed by atoms with Gasteiger partial charge in [0.15, 0.2) is 0 Å². The van der Waals surface area contributed by atoms with E-state index in [0.29, 0.717) is 13.1 Å². The third-order valence-electron chi connectivity index (χ3n) is 2.48. The fraction of sp³-hybridized carbons (Fsp3) is 0.600. The second kappa shape index (κ2) is 4.93. The van der Waals surface area contributed by atoms with Crippen LogP contribution < -0.4 is 5.32 Å². The Hall–Kier alpha value is -1.36. The zero-order chi connectivity index (χ0) is 11.4. The van der Waals surface area contributed by atoms with E-state index >= 15 is 0 Å². The monoisotopic (exact) mass is 211 g/mol. The van der Waals surface area contributed by atoms with Crippen LogP contribution in [0.2, 0.25) is 0 Å². The third kappa shape index (κ3) is 3.06. The smallest absolute Gasteiger partial charge is 0.304 e. The largest absolute Gasteiger partial charge is 0.481 e. The average molecular weight is 211 g/mol. The molecule has 0 aromatic carbocycles. The van der Waals surface area contributed by atoms with Crippen molar-refractivity contribution in [1.82, 2.24) is 15.1 Å². The van der Waals surface area contributed by atoms with Crippen molar-refractivity contribution >= 4 is 5.97 Å². The summed E-state index contributed by atoms with van der Waals surface area (Å²) < 4.78 is 1.84. The number of hydrogen-bond donors (Lipinski definition) is 2. The van der Waals surface area contributed by atoms with Gasteiger partial charge in [0.05, 0.1) is 12.1 Å². The Labute approximate surface area is 89.1 Å². The van der Waals surface area contributed by atoms with Gasteiger partial charge in [-0.1, -0.05) is 0 Å². The van der Waals surface area contributed by atoms with Gasteiger partial charge in [-0.3, -0.25) is 9.48 Å². The molecule has 84 valence electrons. The van der Waals surface area contributed by atoms with Gasteiger partial charge >= 0.3 is 5.97 Å². The van der Waals surface area contributed by atoms with Gasteiger partial charge in [-0.05, 0) is 13.8 Å². The first-order chi connectivity index (χ1) is 7.02. The SMILES string of the molecule is Cc1nn(C)c(C)c1CNCCC(=O)O. The van der Waals surface area contributed by atoms with Crippen molar-refractivity contribution in [3.05, 3.63) is 17.0 Å². The topological polar surface area (TPSA) is 67.2 Å². The first-order valence-electron chi connectivity index (χ1n) is 4.94. The molecular formula is C10H17N3O2. The van der Waals surface area contributed by atoms with E-state index in [0.717, 1.165) is 17.0 Å². The fourth-order valence-corrected chi connectivity index (χ4v) is 1.48. The molecule has 0 fully saturated rings. The number of hydrogen-bond acceptors (Lipinski definition) is 3. The van der Waals surface area contributed by atoms with E-state index in [2.05, 4.69) is 10.4 Å². The first kappa shape index (κ1) is 11.7. The summed E-state index contributed by atoms with van der Waals surface area (Å²) in [5.74, 6) is -0.776. The molecule has 0 amide bonds. The number of nitrogens with zero attached hydrogens (tertiary/aromatic N) is 2. The molecule has 0 spiro atoms. The van der Waals surface area contributed by atoms with Gasteiger partial charge in [0.2, 0.25) is 0 Å². The summed E-state index contributed by atoms with van der Waals surface area (Å²) in [7, 11) is 1.91. The molecule has 1 heterocycles. The van der Waals surface area contributed by atoms with Gasteiger partial charge in [-0.2, -0.15) is 5.10 Å². The van der Waals surface area contributed by atoms with E-state index < -0.39 is 5.97 Å². The van der Waals surface area contributed by atoms with Crippen LogP contribution in [0.5, 0.6) is 0 Å². The lowest BCUT2D eigenvalue weighted by Gasteiger charge is -2.03. The Balaban J connectivity index is 2.47. The highest BCUT2D eigenvalue weighted by Gasteiger charge is 2.08. The molecule has 1 rings (SSSR count). The molecule has 1 aromatic rings. The zero-order valence-electron chi connectivity index (χ0n) is 9.37. The second-order valence-corrected chi connectivity index (χ2v) is 3.59. The van der Waals surface area contributed by atoms with Crippen LogP contribution in [0.1, 0.15) is 23.4 Å². The van der Waals surface area contributed by atoms with Gasteiger partial charge in [0, 0.05) is 31.4 Å². The van der Waals surface area contributed by atoms with Crippen molar-refractivity contribution in [2.24, 2.45) is 7.05 Å². The minimum atomic E-state index is -0.776. The summed E-state index contributed by atoms with van der Waals surface area (Å²) in [4.78, 5) is 10.3. The molecular weight excluding hydrogens is 194 g/mol. The maximum atomic E-state index is 10.3. The first-order valence-corrected chi connectivity index (χ1v) is 4.94. The Kier molecular flexibility index (Phi) is 3.85. The van der Waals surface area contributed by atoms with Gasteiger partial charge < -0.3 is 10.4 Å². The van der Waals surface area contributed by atoms with Crippen LogP contribution in [-0.2, 0) is 18.4 Å². The van der Waals surface area contributed by atoms with Crippen molar-refractivity contribution in [3.8, 4) is 0 Å². The maximum Gasteiger partial charge on any atom is 0.304 e. The van der Waals surface area contributed by atoms with Crippen molar-refractivity contribution in [1.29, 1.82) is 0 Å². The Morgan fingerprint density at radius 2 is 2.20 bits per heavy atom. The summed E-state index contributed by atoms with van der Waals surface area (Å²) in [5.41, 5.74) is 3.27. The molecule has 0 saturated heterocycles. The zero-order valence-corrected chi connectivity index (χ0v) is 9.37. The molecule has 0 aliphatic heterocycles. The third-order valence-corrected chi connectivity index (χ3v) is 2.48. The molecule has 0 aliphatic carbocycles. The van der Waals surface area contributed by atoms with E-state index in [1.807, 2.05) is 25.6 Å². The van der Waals surface area contributed by atoms with Gasteiger partial charge in [-0.25, -0.2) is 0 Å². The minimum Gasteiger partial charge on any atom is -0.481 e. The van der Waals surface area contributed by atoms with Crippen molar-refractivity contribution in [2.45, 2.75) is 26.8 Å². The van der Waals surface area contributed by atoms with E-state index in [4.69, 9.17) is 5.11 Å². The molecule has 0 saturated carbocycles.